The number of hydrogen-bond acceptors (Lipinski definition) is 7. The lowest BCUT2D eigenvalue weighted by atomic mass is 9.71. The minimum atomic E-state index is -0.838. The van der Waals surface area contributed by atoms with Gasteiger partial charge in [0.15, 0.2) is 0 Å². The third-order valence-corrected chi connectivity index (χ3v) is 5.58. The Morgan fingerprint density at radius 2 is 1.39 bits per heavy atom. The van der Waals surface area contributed by atoms with Crippen LogP contribution in [-0.4, -0.2) is 0 Å². The molecule has 0 radical (unpaired) electrons. The van der Waals surface area contributed by atoms with Crippen LogP contribution in [-0.2, 0) is 24.7 Å². The fourth-order valence-corrected chi connectivity index (χ4v) is 4.38. The van der Waals surface area contributed by atoms with Crippen LogP contribution in [0.1, 0.15) is 38.3 Å². The van der Waals surface area contributed by atoms with Gasteiger partial charge in [-0.05, 0) is 48.7 Å². The molecule has 1 heterocycles. The Balaban J connectivity index is 2.10. The van der Waals surface area contributed by atoms with E-state index in [-0.39, 0.29) is 5.41 Å². The summed E-state index contributed by atoms with van der Waals surface area (Å²) in [4.78, 5) is 0. The van der Waals surface area contributed by atoms with Gasteiger partial charge in [-0.2, -0.15) is 0 Å². The molecule has 0 aromatic heterocycles. The van der Waals surface area contributed by atoms with E-state index in [1.54, 1.807) is 30.3 Å². The highest BCUT2D eigenvalue weighted by atomic mass is 31.1. The van der Waals surface area contributed by atoms with Crippen molar-refractivity contribution in [3.8, 4) is 23.0 Å². The molecule has 0 aliphatic carbocycles. The van der Waals surface area contributed by atoms with Gasteiger partial charge in [-0.1, -0.05) is 13.8 Å². The van der Waals surface area contributed by atoms with Crippen molar-refractivity contribution < 1.29 is 32.0 Å². The van der Waals surface area contributed by atoms with Gasteiger partial charge in [0.2, 0.25) is 0 Å². The first-order chi connectivity index (χ1) is 13.3. The van der Waals surface area contributed by atoms with Crippen LogP contribution < -0.4 is 18.3 Å². The lowest BCUT2D eigenvalue weighted by Crippen LogP contribution is -2.41. The van der Waals surface area contributed by atoms with Crippen molar-refractivity contribution in [2.45, 2.75) is 38.2 Å². The molecule has 1 unspecified atom stereocenters. The van der Waals surface area contributed by atoms with Crippen LogP contribution in [0.4, 0.5) is 0 Å². The van der Waals surface area contributed by atoms with Crippen LogP contribution in [0.5, 0.6) is 23.0 Å². The molecule has 3 rings (SSSR count). The fourth-order valence-electron chi connectivity index (χ4n) is 3.74. The van der Waals surface area contributed by atoms with Gasteiger partial charge in [-0.3, -0.25) is 0 Å². The van der Waals surface area contributed by atoms with Crippen molar-refractivity contribution in [3.63, 3.8) is 0 Å². The summed E-state index contributed by atoms with van der Waals surface area (Å²) in [6, 6.07) is 10.1. The Kier molecular flexibility index (Phi) is 6.00. The largest absolute Gasteiger partial charge is 0.482 e. The summed E-state index contributed by atoms with van der Waals surface area (Å²) in [6.07, 6.45) is 0.552. The van der Waals surface area contributed by atoms with Crippen LogP contribution >= 0.6 is 26.1 Å². The minimum absolute atomic E-state index is 0.332. The maximum atomic E-state index is 11.1. The van der Waals surface area contributed by atoms with Crippen LogP contribution in [0, 0.1) is 0 Å². The van der Waals surface area contributed by atoms with Crippen molar-refractivity contribution in [2.24, 2.45) is 0 Å². The quantitative estimate of drug-likeness (QED) is 0.461. The van der Waals surface area contributed by atoms with Crippen LogP contribution in [0.3, 0.4) is 0 Å². The molecule has 0 N–H and O–H groups in total. The topological polar surface area (TPSA) is 88.1 Å². The fraction of sp³-hybridized carbons (Fsp3) is 0.333. The second-order valence-corrected chi connectivity index (χ2v) is 8.20. The van der Waals surface area contributed by atoms with Gasteiger partial charge in [0, 0.05) is 17.5 Å². The second-order valence-electron chi connectivity index (χ2n) is 7.21. The number of ether oxygens (including phenoxy) is 1. The first-order valence-electron chi connectivity index (χ1n) is 8.30. The van der Waals surface area contributed by atoms with Crippen molar-refractivity contribution in [3.05, 3.63) is 47.5 Å². The van der Waals surface area contributed by atoms with E-state index in [1.807, 2.05) is 13.0 Å². The zero-order valence-electron chi connectivity index (χ0n) is 15.4. The van der Waals surface area contributed by atoms with Gasteiger partial charge < -0.3 is 18.3 Å². The normalized spacial score (nSPS) is 20.4. The van der Waals surface area contributed by atoms with E-state index < -0.39 is 31.7 Å². The number of rotatable bonds is 7. The summed E-state index contributed by atoms with van der Waals surface area (Å²) in [5.41, 5.74) is 0.367. The van der Waals surface area contributed by atoms with Gasteiger partial charge in [0.05, 0.1) is 0 Å². The molecule has 1 atom stereocenters. The van der Waals surface area contributed by atoms with Gasteiger partial charge in [0.1, 0.15) is 28.6 Å². The zero-order valence-corrected chi connectivity index (χ0v) is 18.1. The Morgan fingerprint density at radius 3 is 2.00 bits per heavy atom. The Bertz CT molecular complexity index is 931. The lowest BCUT2D eigenvalue weighted by molar-refractivity contribution is 0.0310. The van der Waals surface area contributed by atoms with Crippen LogP contribution in [0.25, 0.3) is 0 Å². The predicted octanol–water partition coefficient (Wildman–Crippen LogP) is 6.42. The maximum absolute atomic E-state index is 11.1. The van der Waals surface area contributed by atoms with E-state index in [2.05, 4.69) is 13.8 Å². The first-order valence-corrected chi connectivity index (χ1v) is 10.5. The molecule has 0 spiro atoms. The van der Waals surface area contributed by atoms with Crippen molar-refractivity contribution >= 4 is 26.1 Å². The summed E-state index contributed by atoms with van der Waals surface area (Å²) >= 11 is 0. The van der Waals surface area contributed by atoms with E-state index >= 15 is 0 Å². The summed E-state index contributed by atoms with van der Waals surface area (Å²) in [6.45, 7) is 6.03. The molecule has 1 aliphatic rings. The van der Waals surface area contributed by atoms with Gasteiger partial charge in [-0.15, -0.1) is 0 Å². The summed E-state index contributed by atoms with van der Waals surface area (Å²) in [5, 5.41) is 0. The molecule has 28 heavy (non-hydrogen) atoms. The first kappa shape index (κ1) is 20.7. The molecular formula is C18H17O7P3. The Labute approximate surface area is 167 Å². The predicted molar refractivity (Wildman–Crippen MR) is 103 cm³/mol. The van der Waals surface area contributed by atoms with Crippen LogP contribution in [0.15, 0.2) is 36.4 Å². The third kappa shape index (κ3) is 4.03. The molecule has 2 aromatic carbocycles. The summed E-state index contributed by atoms with van der Waals surface area (Å²) in [7, 11) is -1.40. The van der Waals surface area contributed by atoms with Gasteiger partial charge >= 0.3 is 26.1 Å². The van der Waals surface area contributed by atoms with Crippen molar-refractivity contribution in [1.29, 1.82) is 0 Å². The van der Waals surface area contributed by atoms with E-state index in [9.17, 15) is 13.7 Å². The molecule has 2 aromatic rings. The van der Waals surface area contributed by atoms with Crippen molar-refractivity contribution in [2.75, 3.05) is 0 Å². The molecule has 7 nitrogen and oxygen atoms in total. The highest BCUT2D eigenvalue weighted by Crippen LogP contribution is 2.52. The zero-order chi connectivity index (χ0) is 20.4. The lowest BCUT2D eigenvalue weighted by Gasteiger charge is -2.44. The maximum Gasteiger partial charge on any atom is 0.395 e. The highest BCUT2D eigenvalue weighted by molar-refractivity contribution is 7.18. The van der Waals surface area contributed by atoms with E-state index in [4.69, 9.17) is 18.3 Å². The highest BCUT2D eigenvalue weighted by Gasteiger charge is 2.45. The third-order valence-electron chi connectivity index (χ3n) is 4.74. The van der Waals surface area contributed by atoms with E-state index in [0.717, 1.165) is 5.56 Å². The van der Waals surface area contributed by atoms with Crippen LogP contribution in [0.2, 0.25) is 0 Å². The van der Waals surface area contributed by atoms with E-state index in [0.29, 0.717) is 35.0 Å². The smallest absolute Gasteiger partial charge is 0.395 e. The molecule has 1 aliphatic heterocycles. The van der Waals surface area contributed by atoms with Gasteiger partial charge in [0.25, 0.3) is 0 Å². The molecule has 0 fully saturated rings. The number of hydrogen-bond donors (Lipinski definition) is 0. The van der Waals surface area contributed by atoms with E-state index in [1.165, 1.54) is 0 Å². The number of fused-ring (bicyclic) bond motifs is 1. The minimum Gasteiger partial charge on any atom is -0.482 e. The molecule has 10 heteroatoms. The Morgan fingerprint density at radius 1 is 0.821 bits per heavy atom. The molecular weight excluding hydrogens is 421 g/mol. The second kappa shape index (κ2) is 8.13. The monoisotopic (exact) mass is 438 g/mol. The molecule has 146 valence electrons. The summed E-state index contributed by atoms with van der Waals surface area (Å²) in [5.74, 6) is 1.87. The van der Waals surface area contributed by atoms with Gasteiger partial charge in [-0.25, -0.2) is 13.7 Å². The molecule has 0 bridgehead atoms. The van der Waals surface area contributed by atoms with Crippen molar-refractivity contribution in [1.82, 2.24) is 0 Å². The molecule has 0 amide bonds. The number of benzene rings is 2. The molecule has 0 saturated heterocycles. The Hall–Kier alpha value is -2.06. The average molecular weight is 438 g/mol. The molecule has 0 saturated carbocycles. The average Bonchev–Trinajstić information content (AvgIpc) is 2.63. The summed E-state index contributed by atoms with van der Waals surface area (Å²) < 4.78 is 54.3. The SMILES string of the molecule is CC1(C)CC(C)(c2cc(OP=O)ccc2OP=O)Oc2ccc(OP=O)cc21. The standard InChI is InChI=1S/C18H17O7P3/c1-17(2)10-18(3,22-15-6-4-11(23-26-19)8-13(15)17)14-9-12(24-27-20)5-7-16(14)25-28-21/h4-9H,10H2,1-3H3.